The van der Waals surface area contributed by atoms with Crippen LogP contribution in [-0.2, 0) is 0 Å². The van der Waals surface area contributed by atoms with Crippen molar-refractivity contribution in [2.75, 3.05) is 0 Å². The normalized spacial score (nSPS) is 10.5. The van der Waals surface area contributed by atoms with Crippen molar-refractivity contribution in [1.29, 1.82) is 0 Å². The first-order chi connectivity index (χ1) is 5.29. The summed E-state index contributed by atoms with van der Waals surface area (Å²) in [6.45, 7) is 4.38. The highest BCUT2D eigenvalue weighted by atomic mass is 32.2. The number of rotatable bonds is 3. The predicted molar refractivity (Wildman–Crippen MR) is 51.4 cm³/mol. The van der Waals surface area contributed by atoms with E-state index in [1.54, 1.807) is 11.8 Å². The van der Waals surface area contributed by atoms with E-state index >= 15 is 0 Å². The molecular weight excluding hydrogens is 152 g/mol. The topological polar surface area (TPSA) is 0 Å². The molecule has 0 aromatic heterocycles. The van der Waals surface area contributed by atoms with Gasteiger partial charge in [-0.25, -0.2) is 0 Å². The maximum Gasteiger partial charge on any atom is 0.0242 e. The van der Waals surface area contributed by atoms with E-state index in [2.05, 4.69) is 43.9 Å². The largest absolute Gasteiger partial charge is 0.121 e. The molecule has 11 heavy (non-hydrogen) atoms. The standard InChI is InChI=1S/C10H13S/c1-9(2)8-11-10-6-4-3-5-7-10/h3-9H,1-2H3. The highest BCUT2D eigenvalue weighted by molar-refractivity contribution is 8.01. The van der Waals surface area contributed by atoms with Crippen LogP contribution in [0, 0.1) is 11.7 Å². The van der Waals surface area contributed by atoms with Crippen LogP contribution in [0.25, 0.3) is 0 Å². The summed E-state index contributed by atoms with van der Waals surface area (Å²) in [6, 6.07) is 10.4. The van der Waals surface area contributed by atoms with Gasteiger partial charge in [-0.1, -0.05) is 32.0 Å². The molecule has 0 amide bonds. The Morgan fingerprint density at radius 1 is 1.18 bits per heavy atom. The third kappa shape index (κ3) is 3.47. The lowest BCUT2D eigenvalue weighted by atomic mass is 10.3. The van der Waals surface area contributed by atoms with Crippen LogP contribution in [0.4, 0.5) is 0 Å². The maximum atomic E-state index is 2.25. The van der Waals surface area contributed by atoms with E-state index in [1.165, 1.54) is 4.90 Å². The summed E-state index contributed by atoms with van der Waals surface area (Å²) in [7, 11) is 0. The summed E-state index contributed by atoms with van der Waals surface area (Å²) >= 11 is 1.80. The molecule has 0 spiro atoms. The highest BCUT2D eigenvalue weighted by Gasteiger charge is 1.95. The van der Waals surface area contributed by atoms with Crippen LogP contribution in [0.1, 0.15) is 13.8 Å². The van der Waals surface area contributed by atoms with Crippen molar-refractivity contribution in [3.63, 3.8) is 0 Å². The molecule has 0 aliphatic carbocycles. The first kappa shape index (κ1) is 8.66. The van der Waals surface area contributed by atoms with Crippen molar-refractivity contribution in [2.24, 2.45) is 5.92 Å². The Kier molecular flexibility index (Phi) is 3.50. The van der Waals surface area contributed by atoms with E-state index in [1.807, 2.05) is 6.07 Å². The van der Waals surface area contributed by atoms with Crippen molar-refractivity contribution in [1.82, 2.24) is 0 Å². The Morgan fingerprint density at radius 3 is 2.36 bits per heavy atom. The van der Waals surface area contributed by atoms with Gasteiger partial charge in [0.25, 0.3) is 0 Å². The van der Waals surface area contributed by atoms with Crippen LogP contribution in [0.2, 0.25) is 0 Å². The van der Waals surface area contributed by atoms with Crippen LogP contribution in [-0.4, -0.2) is 0 Å². The van der Waals surface area contributed by atoms with Gasteiger partial charge in [-0.15, -0.1) is 11.8 Å². The average Bonchev–Trinajstić information content (AvgIpc) is 2.03. The molecule has 1 rings (SSSR count). The Labute approximate surface area is 73.0 Å². The van der Waals surface area contributed by atoms with Gasteiger partial charge in [-0.05, 0) is 18.1 Å². The monoisotopic (exact) mass is 165 g/mol. The predicted octanol–water partition coefficient (Wildman–Crippen LogP) is 3.60. The number of thioether (sulfide) groups is 1. The summed E-state index contributed by atoms with van der Waals surface area (Å²) in [5.74, 6) is 2.90. The number of hydrogen-bond acceptors (Lipinski definition) is 1. The van der Waals surface area contributed by atoms with Gasteiger partial charge in [-0.2, -0.15) is 0 Å². The Bertz CT molecular complexity index is 191. The lowest BCUT2D eigenvalue weighted by Gasteiger charge is -2.02. The minimum absolute atomic E-state index is 0.653. The molecule has 0 N–H and O–H groups in total. The van der Waals surface area contributed by atoms with Gasteiger partial charge in [0.15, 0.2) is 0 Å². The van der Waals surface area contributed by atoms with Gasteiger partial charge in [0.2, 0.25) is 0 Å². The van der Waals surface area contributed by atoms with Gasteiger partial charge in [0.05, 0.1) is 0 Å². The number of benzene rings is 1. The van der Waals surface area contributed by atoms with Gasteiger partial charge >= 0.3 is 0 Å². The van der Waals surface area contributed by atoms with Gasteiger partial charge < -0.3 is 0 Å². The zero-order valence-electron chi connectivity index (χ0n) is 6.95. The Morgan fingerprint density at radius 2 is 1.82 bits per heavy atom. The van der Waals surface area contributed by atoms with Crippen LogP contribution in [0.5, 0.6) is 0 Å². The molecule has 0 saturated carbocycles. The van der Waals surface area contributed by atoms with Crippen molar-refractivity contribution in [2.45, 2.75) is 18.7 Å². The summed E-state index contributed by atoms with van der Waals surface area (Å²) in [6.07, 6.45) is 0. The first-order valence-electron chi connectivity index (χ1n) is 3.84. The van der Waals surface area contributed by atoms with Gasteiger partial charge in [0, 0.05) is 10.6 Å². The molecule has 0 bridgehead atoms. The van der Waals surface area contributed by atoms with E-state index in [-0.39, 0.29) is 0 Å². The summed E-state index contributed by atoms with van der Waals surface area (Å²) in [5.41, 5.74) is 0. The van der Waals surface area contributed by atoms with Crippen molar-refractivity contribution in [3.05, 3.63) is 36.1 Å². The SMILES string of the molecule is CC(C)[CH]Sc1ccccc1. The fourth-order valence-corrected chi connectivity index (χ4v) is 1.46. The fourth-order valence-electron chi connectivity index (χ4n) is 0.714. The molecular formula is C10H13S. The molecule has 0 heterocycles. The van der Waals surface area contributed by atoms with Crippen LogP contribution in [0.3, 0.4) is 0 Å². The lowest BCUT2D eigenvalue weighted by molar-refractivity contribution is 0.811. The van der Waals surface area contributed by atoms with Crippen molar-refractivity contribution >= 4 is 11.8 Å². The minimum Gasteiger partial charge on any atom is -0.121 e. The molecule has 0 aliphatic heterocycles. The Hall–Kier alpha value is -0.430. The molecule has 1 radical (unpaired) electrons. The van der Waals surface area contributed by atoms with E-state index in [4.69, 9.17) is 0 Å². The zero-order chi connectivity index (χ0) is 8.10. The minimum atomic E-state index is 0.653. The third-order valence-corrected chi connectivity index (χ3v) is 2.44. The molecule has 0 atom stereocenters. The van der Waals surface area contributed by atoms with Crippen molar-refractivity contribution in [3.8, 4) is 0 Å². The smallest absolute Gasteiger partial charge is 0.0242 e. The third-order valence-electron chi connectivity index (χ3n) is 1.22. The average molecular weight is 165 g/mol. The molecule has 0 fully saturated rings. The zero-order valence-corrected chi connectivity index (χ0v) is 7.77. The highest BCUT2D eigenvalue weighted by Crippen LogP contribution is 2.23. The summed E-state index contributed by atoms with van der Waals surface area (Å²) in [5, 5.41) is 0. The van der Waals surface area contributed by atoms with E-state index < -0.39 is 0 Å². The van der Waals surface area contributed by atoms with Gasteiger partial charge in [-0.3, -0.25) is 0 Å². The second-order valence-electron chi connectivity index (χ2n) is 2.81. The summed E-state index contributed by atoms with van der Waals surface area (Å²) in [4.78, 5) is 1.32. The molecule has 0 aliphatic rings. The number of hydrogen-bond donors (Lipinski definition) is 0. The molecule has 0 nitrogen and oxygen atoms in total. The van der Waals surface area contributed by atoms with Crippen LogP contribution >= 0.6 is 11.8 Å². The first-order valence-corrected chi connectivity index (χ1v) is 4.72. The van der Waals surface area contributed by atoms with Crippen LogP contribution in [0.15, 0.2) is 35.2 Å². The quantitative estimate of drug-likeness (QED) is 0.617. The van der Waals surface area contributed by atoms with E-state index in [0.717, 1.165) is 0 Å². The molecule has 0 unspecified atom stereocenters. The summed E-state index contributed by atoms with van der Waals surface area (Å²) < 4.78 is 0. The molecule has 1 aromatic rings. The molecule has 1 heteroatoms. The van der Waals surface area contributed by atoms with Crippen molar-refractivity contribution < 1.29 is 0 Å². The second kappa shape index (κ2) is 4.45. The van der Waals surface area contributed by atoms with E-state index in [9.17, 15) is 0 Å². The Balaban J connectivity index is 2.39. The molecule has 1 aromatic carbocycles. The molecule has 59 valence electrons. The fraction of sp³-hybridized carbons (Fsp3) is 0.300. The van der Waals surface area contributed by atoms with Crippen LogP contribution < -0.4 is 0 Å². The molecule has 0 saturated heterocycles. The van der Waals surface area contributed by atoms with E-state index in [0.29, 0.717) is 5.92 Å². The second-order valence-corrected chi connectivity index (χ2v) is 3.79. The lowest BCUT2D eigenvalue weighted by Crippen LogP contribution is -1.82. The maximum absolute atomic E-state index is 2.25. The van der Waals surface area contributed by atoms with Gasteiger partial charge in [0.1, 0.15) is 0 Å².